The average molecular weight is 268 g/mol. The molecule has 1 aliphatic heterocycles. The quantitative estimate of drug-likeness (QED) is 0.893. The van der Waals surface area contributed by atoms with Crippen LogP contribution in [0, 0.1) is 17.3 Å². The molecule has 0 saturated heterocycles. The van der Waals surface area contributed by atoms with E-state index in [4.69, 9.17) is 5.73 Å². The topological polar surface area (TPSA) is 29.3 Å². The first-order valence-corrected chi connectivity index (χ1v) is 8.22. The molecule has 4 fully saturated rings. The Hall–Kier alpha value is -0.860. The highest BCUT2D eigenvalue weighted by atomic mass is 15.2. The molecule has 4 aliphatic carbocycles. The van der Waals surface area contributed by atoms with Crippen LogP contribution in [0.4, 0.5) is 0 Å². The van der Waals surface area contributed by atoms with Crippen LogP contribution in [0.2, 0.25) is 0 Å². The molecule has 1 heterocycles. The van der Waals surface area contributed by atoms with Crippen LogP contribution in [-0.4, -0.2) is 17.0 Å². The monoisotopic (exact) mass is 268 g/mol. The maximum absolute atomic E-state index is 6.71. The molecule has 2 nitrogen and oxygen atoms in total. The van der Waals surface area contributed by atoms with Crippen LogP contribution in [-0.2, 0) is 13.1 Å². The van der Waals surface area contributed by atoms with Crippen molar-refractivity contribution < 1.29 is 0 Å². The van der Waals surface area contributed by atoms with E-state index in [9.17, 15) is 0 Å². The van der Waals surface area contributed by atoms with Gasteiger partial charge in [-0.3, -0.25) is 4.90 Å². The Kier molecular flexibility index (Phi) is 2.15. The molecule has 2 heteroatoms. The van der Waals surface area contributed by atoms with Gasteiger partial charge in [0.05, 0.1) is 0 Å². The van der Waals surface area contributed by atoms with Gasteiger partial charge in [-0.15, -0.1) is 0 Å². The lowest BCUT2D eigenvalue weighted by molar-refractivity contribution is 0.0772. The van der Waals surface area contributed by atoms with E-state index >= 15 is 0 Å². The summed E-state index contributed by atoms with van der Waals surface area (Å²) in [5.41, 5.74) is 10.6. The van der Waals surface area contributed by atoms with Gasteiger partial charge in [-0.2, -0.15) is 0 Å². The Morgan fingerprint density at radius 2 is 1.85 bits per heavy atom. The third kappa shape index (κ3) is 1.52. The van der Waals surface area contributed by atoms with Crippen LogP contribution in [0.25, 0.3) is 0 Å². The van der Waals surface area contributed by atoms with Gasteiger partial charge in [0.15, 0.2) is 0 Å². The number of benzene rings is 1. The Morgan fingerprint density at radius 3 is 2.50 bits per heavy atom. The molecule has 4 atom stereocenters. The normalized spacial score (nSPS) is 45.2. The summed E-state index contributed by atoms with van der Waals surface area (Å²) in [6, 6.07) is 8.95. The first-order chi connectivity index (χ1) is 9.64. The van der Waals surface area contributed by atoms with Crippen LogP contribution in [0.5, 0.6) is 0 Å². The second-order valence-electron chi connectivity index (χ2n) is 8.23. The van der Waals surface area contributed by atoms with Gasteiger partial charge >= 0.3 is 0 Å². The Labute approximate surface area is 121 Å². The van der Waals surface area contributed by atoms with E-state index in [1.807, 2.05) is 0 Å². The fourth-order valence-corrected chi connectivity index (χ4v) is 6.32. The van der Waals surface area contributed by atoms with E-state index in [0.717, 1.165) is 24.9 Å². The van der Waals surface area contributed by atoms with Gasteiger partial charge in [-0.25, -0.2) is 0 Å². The van der Waals surface area contributed by atoms with Gasteiger partial charge in [0.1, 0.15) is 0 Å². The molecule has 0 radical (unpaired) electrons. The molecule has 1 aromatic rings. The summed E-state index contributed by atoms with van der Waals surface area (Å²) in [5, 5.41) is 0. The largest absolute Gasteiger partial charge is 0.325 e. The maximum Gasteiger partial charge on any atom is 0.0240 e. The number of nitrogens with two attached hydrogens (primary N) is 1. The molecule has 1 aromatic carbocycles. The lowest BCUT2D eigenvalue weighted by Gasteiger charge is -2.42. The third-order valence-corrected chi connectivity index (χ3v) is 6.67. The van der Waals surface area contributed by atoms with Gasteiger partial charge in [0.2, 0.25) is 0 Å². The predicted molar refractivity (Wildman–Crippen MR) is 80.0 cm³/mol. The van der Waals surface area contributed by atoms with Gasteiger partial charge in [0, 0.05) is 25.2 Å². The molecule has 0 aromatic heterocycles. The molecular weight excluding hydrogens is 244 g/mol. The van der Waals surface area contributed by atoms with E-state index in [0.29, 0.717) is 5.41 Å². The molecule has 2 N–H and O–H groups in total. The second-order valence-corrected chi connectivity index (χ2v) is 8.23. The molecule has 5 aliphatic rings. The van der Waals surface area contributed by atoms with Crippen molar-refractivity contribution in [2.24, 2.45) is 23.0 Å². The fourth-order valence-electron chi connectivity index (χ4n) is 6.32. The molecule has 4 bridgehead atoms. The van der Waals surface area contributed by atoms with Crippen molar-refractivity contribution >= 4 is 0 Å². The zero-order valence-corrected chi connectivity index (χ0v) is 12.1. The minimum absolute atomic E-state index is 0.218. The first-order valence-electron chi connectivity index (χ1n) is 8.22. The first kappa shape index (κ1) is 11.8. The molecule has 0 amide bonds. The van der Waals surface area contributed by atoms with Crippen molar-refractivity contribution in [1.29, 1.82) is 0 Å². The van der Waals surface area contributed by atoms with Crippen LogP contribution >= 0.6 is 0 Å². The number of fused-ring (bicyclic) bond motifs is 1. The van der Waals surface area contributed by atoms with Crippen LogP contribution < -0.4 is 5.73 Å². The molecule has 4 unspecified atom stereocenters. The summed E-state index contributed by atoms with van der Waals surface area (Å²) >= 11 is 0. The summed E-state index contributed by atoms with van der Waals surface area (Å²) in [6.45, 7) is 3.60. The van der Waals surface area contributed by atoms with Crippen molar-refractivity contribution in [3.05, 3.63) is 35.4 Å². The highest BCUT2D eigenvalue weighted by Gasteiger charge is 2.62. The van der Waals surface area contributed by atoms with Crippen molar-refractivity contribution in [3.63, 3.8) is 0 Å². The lowest BCUT2D eigenvalue weighted by Crippen LogP contribution is -2.45. The molecular formula is C18H24N2. The van der Waals surface area contributed by atoms with Crippen LogP contribution in [0.1, 0.15) is 43.2 Å². The van der Waals surface area contributed by atoms with Crippen molar-refractivity contribution in [2.45, 2.75) is 50.7 Å². The van der Waals surface area contributed by atoms with Gasteiger partial charge < -0.3 is 5.73 Å². The summed E-state index contributed by atoms with van der Waals surface area (Å²) in [6.07, 6.45) is 6.91. The van der Waals surface area contributed by atoms with Gasteiger partial charge in [0.25, 0.3) is 0 Å². The van der Waals surface area contributed by atoms with E-state index < -0.39 is 0 Å². The van der Waals surface area contributed by atoms with E-state index in [1.54, 1.807) is 11.1 Å². The average Bonchev–Trinajstić information content (AvgIpc) is 2.93. The molecule has 6 rings (SSSR count). The number of rotatable bonds is 2. The molecule has 106 valence electrons. The fraction of sp³-hybridized carbons (Fsp3) is 0.667. The summed E-state index contributed by atoms with van der Waals surface area (Å²) in [4.78, 5) is 2.68. The minimum Gasteiger partial charge on any atom is -0.325 e. The van der Waals surface area contributed by atoms with Crippen molar-refractivity contribution in [3.8, 4) is 0 Å². The van der Waals surface area contributed by atoms with Crippen molar-refractivity contribution in [1.82, 2.24) is 4.90 Å². The molecule has 0 spiro atoms. The number of hydrogen-bond donors (Lipinski definition) is 1. The summed E-state index contributed by atoms with van der Waals surface area (Å²) < 4.78 is 0. The summed E-state index contributed by atoms with van der Waals surface area (Å²) in [7, 11) is 0. The van der Waals surface area contributed by atoms with E-state index in [-0.39, 0.29) is 5.54 Å². The van der Waals surface area contributed by atoms with Crippen LogP contribution in [0.3, 0.4) is 0 Å². The second kappa shape index (κ2) is 3.66. The summed E-state index contributed by atoms with van der Waals surface area (Å²) in [5.74, 6) is 1.78. The smallest absolute Gasteiger partial charge is 0.0240 e. The van der Waals surface area contributed by atoms with Crippen molar-refractivity contribution in [2.75, 3.05) is 6.54 Å². The number of nitrogens with zero attached hydrogens (tertiary/aromatic N) is 1. The van der Waals surface area contributed by atoms with E-state index in [2.05, 4.69) is 29.2 Å². The Morgan fingerprint density at radius 1 is 1.10 bits per heavy atom. The number of hydrogen-bond acceptors (Lipinski definition) is 2. The third-order valence-electron chi connectivity index (χ3n) is 6.67. The standard InChI is InChI=1S/C18H24N2/c19-18-7-13-5-16(18)8-17(6-13,11-18)12-20-9-14-3-1-2-4-15(14)10-20/h1-4,13,16H,5-12,19H2. The zero-order chi connectivity index (χ0) is 13.4. The van der Waals surface area contributed by atoms with Gasteiger partial charge in [-0.1, -0.05) is 24.3 Å². The minimum atomic E-state index is 0.218. The molecule has 20 heavy (non-hydrogen) atoms. The lowest BCUT2D eigenvalue weighted by atomic mass is 9.68. The van der Waals surface area contributed by atoms with Gasteiger partial charge in [-0.05, 0) is 60.5 Å². The SMILES string of the molecule is NC12CC3CC1CC(CN1Cc4ccccc4C1)(C3)C2. The Bertz CT molecular complexity index is 543. The molecule has 4 saturated carbocycles. The maximum atomic E-state index is 6.71. The highest BCUT2D eigenvalue weighted by molar-refractivity contribution is 5.30. The Balaban J connectivity index is 1.37. The zero-order valence-electron chi connectivity index (χ0n) is 12.1. The predicted octanol–water partition coefficient (Wildman–Crippen LogP) is 2.91. The van der Waals surface area contributed by atoms with E-state index in [1.165, 1.54) is 38.6 Å². The highest BCUT2D eigenvalue weighted by Crippen LogP contribution is 2.65. The van der Waals surface area contributed by atoms with Crippen LogP contribution in [0.15, 0.2) is 24.3 Å².